The average molecular weight is 476 g/mol. The first-order valence-corrected chi connectivity index (χ1v) is 8.31. The zero-order valence-corrected chi connectivity index (χ0v) is 17.7. The fourth-order valence-corrected chi connectivity index (χ4v) is 2.37. The van der Waals surface area contributed by atoms with Gasteiger partial charge in [-0.25, -0.2) is 4.39 Å². The Morgan fingerprint density at radius 3 is 2.85 bits per heavy atom. The number of aliphatic imine (C=N–C) groups is 1. The van der Waals surface area contributed by atoms with Gasteiger partial charge in [-0.3, -0.25) is 4.99 Å². The zero-order valence-electron chi connectivity index (χ0n) is 15.4. The molecule has 0 unspecified atom stereocenters. The molecule has 0 fully saturated rings. The summed E-state index contributed by atoms with van der Waals surface area (Å²) in [5, 5.41) is 11.3. The summed E-state index contributed by atoms with van der Waals surface area (Å²) in [5.74, 6) is 1.62. The van der Waals surface area contributed by atoms with Crippen LogP contribution in [0, 0.1) is 5.82 Å². The summed E-state index contributed by atoms with van der Waals surface area (Å²) in [5.41, 5.74) is 0. The molecule has 0 spiro atoms. The summed E-state index contributed by atoms with van der Waals surface area (Å²) < 4.78 is 21.0. The lowest BCUT2D eigenvalue weighted by molar-refractivity contribution is 0.270. The molecule has 0 amide bonds. The van der Waals surface area contributed by atoms with Crippen LogP contribution in [0.15, 0.2) is 35.6 Å². The molecule has 0 aliphatic heterocycles. The molecule has 0 atom stereocenters. The van der Waals surface area contributed by atoms with Crippen molar-refractivity contribution < 1.29 is 9.13 Å². The molecule has 0 bridgehead atoms. The van der Waals surface area contributed by atoms with Crippen LogP contribution in [-0.2, 0) is 13.0 Å². The molecule has 7 nitrogen and oxygen atoms in total. The molecule has 144 valence electrons. The summed E-state index contributed by atoms with van der Waals surface area (Å²) >= 11 is 0. The maximum atomic E-state index is 13.5. The lowest BCUT2D eigenvalue weighted by Crippen LogP contribution is -2.42. The SMILES string of the molecule is CCc1nncn1CCNC(=NC)N(C)CCOc1ccccc1F.I. The molecule has 1 N–H and O–H groups in total. The lowest BCUT2D eigenvalue weighted by Gasteiger charge is -2.22. The molecule has 2 rings (SSSR count). The minimum absolute atomic E-state index is 0. The Morgan fingerprint density at radius 2 is 2.15 bits per heavy atom. The summed E-state index contributed by atoms with van der Waals surface area (Å²) in [6.45, 7) is 4.46. The van der Waals surface area contributed by atoms with E-state index < -0.39 is 0 Å². The quantitative estimate of drug-likeness (QED) is 0.360. The second-order valence-electron chi connectivity index (χ2n) is 5.47. The van der Waals surface area contributed by atoms with Crippen molar-refractivity contribution in [2.45, 2.75) is 19.9 Å². The number of halogens is 2. The van der Waals surface area contributed by atoms with Crippen molar-refractivity contribution in [1.29, 1.82) is 0 Å². The Hall–Kier alpha value is -1.91. The molecule has 0 aliphatic rings. The topological polar surface area (TPSA) is 67.6 Å². The van der Waals surface area contributed by atoms with E-state index in [0.717, 1.165) is 24.7 Å². The largest absolute Gasteiger partial charge is 0.489 e. The van der Waals surface area contributed by atoms with E-state index in [-0.39, 0.29) is 35.5 Å². The van der Waals surface area contributed by atoms with Crippen LogP contribution >= 0.6 is 24.0 Å². The molecule has 1 aromatic heterocycles. The Labute approximate surface area is 170 Å². The molecule has 9 heteroatoms. The molecular weight excluding hydrogens is 450 g/mol. The van der Waals surface area contributed by atoms with Gasteiger partial charge in [0.15, 0.2) is 17.5 Å². The van der Waals surface area contributed by atoms with Crippen molar-refractivity contribution in [3.05, 3.63) is 42.2 Å². The third-order valence-corrected chi connectivity index (χ3v) is 3.74. The maximum Gasteiger partial charge on any atom is 0.193 e. The molecule has 1 heterocycles. The molecule has 0 radical (unpaired) electrons. The number of ether oxygens (including phenoxy) is 1. The van der Waals surface area contributed by atoms with Crippen molar-refractivity contribution in [2.24, 2.45) is 4.99 Å². The van der Waals surface area contributed by atoms with Crippen molar-refractivity contribution in [1.82, 2.24) is 25.0 Å². The fourth-order valence-electron chi connectivity index (χ4n) is 2.37. The average Bonchev–Trinajstić information content (AvgIpc) is 3.07. The number of guanidine groups is 1. The standard InChI is InChI=1S/C17H25FN6O.HI/c1-4-16-22-21-13-24(16)10-9-20-17(19-2)23(3)11-12-25-15-8-6-5-7-14(15)18;/h5-8,13H,4,9-12H2,1-3H3,(H,19,20);1H. The molecule has 2 aromatic rings. The van der Waals surface area contributed by atoms with Crippen LogP contribution in [-0.4, -0.2) is 59.4 Å². The smallest absolute Gasteiger partial charge is 0.193 e. The summed E-state index contributed by atoms with van der Waals surface area (Å²) in [6, 6.07) is 6.39. The van der Waals surface area contributed by atoms with Gasteiger partial charge in [0.1, 0.15) is 18.8 Å². The van der Waals surface area contributed by atoms with Gasteiger partial charge in [-0.05, 0) is 12.1 Å². The number of likely N-dealkylation sites (N-methyl/N-ethyl adjacent to an activating group) is 1. The van der Waals surface area contributed by atoms with Crippen LogP contribution in [0.1, 0.15) is 12.7 Å². The van der Waals surface area contributed by atoms with Crippen LogP contribution in [0.25, 0.3) is 0 Å². The highest BCUT2D eigenvalue weighted by molar-refractivity contribution is 14.0. The minimum atomic E-state index is -0.353. The zero-order chi connectivity index (χ0) is 18.1. The second-order valence-corrected chi connectivity index (χ2v) is 5.47. The monoisotopic (exact) mass is 476 g/mol. The number of nitrogens with one attached hydrogen (secondary N) is 1. The van der Waals surface area contributed by atoms with Crippen LogP contribution in [0.5, 0.6) is 5.75 Å². The first-order valence-electron chi connectivity index (χ1n) is 8.31. The van der Waals surface area contributed by atoms with Gasteiger partial charge in [0, 0.05) is 33.6 Å². The summed E-state index contributed by atoms with van der Waals surface area (Å²) in [6.07, 6.45) is 2.58. The van der Waals surface area contributed by atoms with Crippen LogP contribution in [0.2, 0.25) is 0 Å². The number of hydrogen-bond donors (Lipinski definition) is 1. The molecule has 0 saturated carbocycles. The molecular formula is C17H26FIN6O. The Bertz CT molecular complexity index is 693. The predicted octanol–water partition coefficient (Wildman–Crippen LogP) is 2.18. The van der Waals surface area contributed by atoms with Crippen molar-refractivity contribution in [3.63, 3.8) is 0 Å². The fraction of sp³-hybridized carbons (Fsp3) is 0.471. The van der Waals surface area contributed by atoms with Gasteiger partial charge in [0.25, 0.3) is 0 Å². The molecule has 0 saturated heterocycles. The van der Waals surface area contributed by atoms with Crippen molar-refractivity contribution in [2.75, 3.05) is 33.8 Å². The van der Waals surface area contributed by atoms with Gasteiger partial charge in [-0.1, -0.05) is 19.1 Å². The van der Waals surface area contributed by atoms with Gasteiger partial charge in [-0.15, -0.1) is 34.2 Å². The Morgan fingerprint density at radius 1 is 1.38 bits per heavy atom. The van der Waals surface area contributed by atoms with Crippen LogP contribution in [0.3, 0.4) is 0 Å². The van der Waals surface area contributed by atoms with Gasteiger partial charge < -0.3 is 19.5 Å². The number of nitrogens with zero attached hydrogens (tertiary/aromatic N) is 5. The normalized spacial score (nSPS) is 11.0. The summed E-state index contributed by atoms with van der Waals surface area (Å²) in [4.78, 5) is 6.19. The van der Waals surface area contributed by atoms with Gasteiger partial charge in [-0.2, -0.15) is 0 Å². The van der Waals surface area contributed by atoms with Gasteiger partial charge >= 0.3 is 0 Å². The van der Waals surface area contributed by atoms with Gasteiger partial charge in [0.2, 0.25) is 0 Å². The number of hydrogen-bond acceptors (Lipinski definition) is 4. The third kappa shape index (κ3) is 6.43. The number of aryl methyl sites for hydroxylation is 1. The van der Waals surface area contributed by atoms with E-state index >= 15 is 0 Å². The number of aromatic nitrogens is 3. The second kappa shape index (κ2) is 11.7. The predicted molar refractivity (Wildman–Crippen MR) is 111 cm³/mol. The molecule has 1 aromatic carbocycles. The van der Waals surface area contributed by atoms with E-state index in [4.69, 9.17) is 4.74 Å². The van der Waals surface area contributed by atoms with E-state index in [1.165, 1.54) is 6.07 Å². The van der Waals surface area contributed by atoms with E-state index in [1.54, 1.807) is 31.6 Å². The van der Waals surface area contributed by atoms with E-state index in [9.17, 15) is 4.39 Å². The Balaban J connectivity index is 0.00000338. The van der Waals surface area contributed by atoms with Crippen LogP contribution < -0.4 is 10.1 Å². The maximum absolute atomic E-state index is 13.5. The van der Waals surface area contributed by atoms with E-state index in [1.807, 2.05) is 16.5 Å². The Kier molecular flexibility index (Phi) is 9.92. The first kappa shape index (κ1) is 22.1. The summed E-state index contributed by atoms with van der Waals surface area (Å²) in [7, 11) is 3.64. The van der Waals surface area contributed by atoms with Crippen LogP contribution in [0.4, 0.5) is 4.39 Å². The highest BCUT2D eigenvalue weighted by atomic mass is 127. The minimum Gasteiger partial charge on any atom is -0.489 e. The molecule has 0 aliphatic carbocycles. The van der Waals surface area contributed by atoms with Gasteiger partial charge in [0.05, 0.1) is 6.54 Å². The lowest BCUT2D eigenvalue weighted by atomic mass is 10.3. The van der Waals surface area contributed by atoms with E-state index in [2.05, 4.69) is 27.4 Å². The van der Waals surface area contributed by atoms with E-state index in [0.29, 0.717) is 19.7 Å². The highest BCUT2D eigenvalue weighted by Crippen LogP contribution is 2.14. The number of rotatable bonds is 8. The number of para-hydroxylation sites is 1. The highest BCUT2D eigenvalue weighted by Gasteiger charge is 2.08. The van der Waals surface area contributed by atoms with Crippen molar-refractivity contribution >= 4 is 29.9 Å². The number of benzene rings is 1. The third-order valence-electron chi connectivity index (χ3n) is 3.74. The van der Waals surface area contributed by atoms with Crippen molar-refractivity contribution in [3.8, 4) is 5.75 Å². The molecule has 26 heavy (non-hydrogen) atoms. The first-order chi connectivity index (χ1) is 12.2.